The van der Waals surface area contributed by atoms with Crippen molar-refractivity contribution < 1.29 is 19.1 Å². The molecule has 2 aromatic carbocycles. The van der Waals surface area contributed by atoms with Gasteiger partial charge in [0, 0.05) is 11.1 Å². The molecule has 0 radical (unpaired) electrons. The SMILES string of the molecule is CCOC(=O)CC1Oc2ccccc2[N+](C)(c2nc3cc(Cl)ccc3s2)C1=O. The molecule has 144 valence electrons. The topological polar surface area (TPSA) is 65.5 Å². The summed E-state index contributed by atoms with van der Waals surface area (Å²) in [5.74, 6) is -0.184. The molecule has 2 heterocycles. The van der Waals surface area contributed by atoms with E-state index < -0.39 is 12.1 Å². The number of aromatic nitrogens is 1. The van der Waals surface area contributed by atoms with Crippen molar-refractivity contribution in [1.29, 1.82) is 0 Å². The van der Waals surface area contributed by atoms with Gasteiger partial charge in [-0.05, 0) is 31.2 Å². The van der Waals surface area contributed by atoms with Crippen LogP contribution in [0.2, 0.25) is 5.02 Å². The van der Waals surface area contributed by atoms with Gasteiger partial charge < -0.3 is 9.47 Å². The molecule has 2 unspecified atom stereocenters. The number of hydrogen-bond acceptors (Lipinski definition) is 6. The lowest BCUT2D eigenvalue weighted by Gasteiger charge is -2.36. The van der Waals surface area contributed by atoms with Gasteiger partial charge in [-0.2, -0.15) is 9.47 Å². The molecule has 0 N–H and O–H groups in total. The zero-order chi connectivity index (χ0) is 19.9. The molecule has 1 aliphatic rings. The third-order valence-corrected chi connectivity index (χ3v) is 6.15. The summed E-state index contributed by atoms with van der Waals surface area (Å²) in [6.07, 6.45) is -1.10. The smallest absolute Gasteiger partial charge is 0.367 e. The van der Waals surface area contributed by atoms with Crippen LogP contribution < -0.4 is 9.22 Å². The minimum absolute atomic E-state index is 0.147. The van der Waals surface area contributed by atoms with Crippen LogP contribution in [0.4, 0.5) is 10.8 Å². The Balaban J connectivity index is 1.83. The highest BCUT2D eigenvalue weighted by Crippen LogP contribution is 2.47. The number of fused-ring (bicyclic) bond motifs is 2. The van der Waals surface area contributed by atoms with Gasteiger partial charge in [-0.3, -0.25) is 4.79 Å². The van der Waals surface area contributed by atoms with E-state index >= 15 is 0 Å². The summed E-state index contributed by atoms with van der Waals surface area (Å²) >= 11 is 7.51. The second-order valence-corrected chi connectivity index (χ2v) is 7.98. The molecule has 28 heavy (non-hydrogen) atoms. The molecule has 2 atom stereocenters. The molecule has 0 bridgehead atoms. The van der Waals surface area contributed by atoms with Gasteiger partial charge in [-0.15, -0.1) is 0 Å². The number of hydrogen-bond donors (Lipinski definition) is 0. The number of likely N-dealkylation sites (N-methyl/N-ethyl adjacent to an activating group) is 1. The summed E-state index contributed by atoms with van der Waals surface area (Å²) in [4.78, 5) is 30.2. The summed E-state index contributed by atoms with van der Waals surface area (Å²) in [6, 6.07) is 12.8. The van der Waals surface area contributed by atoms with Gasteiger partial charge in [0.25, 0.3) is 5.13 Å². The highest BCUT2D eigenvalue weighted by molar-refractivity contribution is 7.22. The van der Waals surface area contributed by atoms with Crippen LogP contribution in [-0.2, 0) is 14.3 Å². The maximum atomic E-state index is 13.5. The Morgan fingerprint density at radius 1 is 1.32 bits per heavy atom. The van der Waals surface area contributed by atoms with Crippen LogP contribution in [0.3, 0.4) is 0 Å². The van der Waals surface area contributed by atoms with E-state index in [4.69, 9.17) is 21.1 Å². The maximum absolute atomic E-state index is 13.5. The summed E-state index contributed by atoms with van der Waals surface area (Å²) in [7, 11) is 1.78. The van der Waals surface area contributed by atoms with Crippen molar-refractivity contribution in [1.82, 2.24) is 9.47 Å². The lowest BCUT2D eigenvalue weighted by molar-refractivity contribution is -0.150. The number of rotatable bonds is 4. The minimum Gasteiger partial charge on any atom is -0.469 e. The number of thiazole rings is 1. The molecule has 1 aromatic heterocycles. The highest BCUT2D eigenvalue weighted by atomic mass is 35.5. The monoisotopic (exact) mass is 417 g/mol. The van der Waals surface area contributed by atoms with Gasteiger partial charge in [0.1, 0.15) is 0 Å². The predicted molar refractivity (Wildman–Crippen MR) is 109 cm³/mol. The Bertz CT molecular complexity index is 1080. The van der Waals surface area contributed by atoms with Crippen molar-refractivity contribution >= 4 is 55.8 Å². The molecule has 1 amide bonds. The normalized spacial score (nSPS) is 21.2. The second-order valence-electron chi connectivity index (χ2n) is 6.54. The number of esters is 1. The van der Waals surface area contributed by atoms with Crippen molar-refractivity contribution in [2.75, 3.05) is 13.7 Å². The zero-order valence-corrected chi connectivity index (χ0v) is 16.9. The van der Waals surface area contributed by atoms with Crippen molar-refractivity contribution in [2.24, 2.45) is 0 Å². The van der Waals surface area contributed by atoms with Crippen LogP contribution in [0.25, 0.3) is 10.2 Å². The molecule has 0 spiro atoms. The minimum atomic E-state index is -0.949. The van der Waals surface area contributed by atoms with E-state index in [2.05, 4.69) is 4.98 Å². The quantitative estimate of drug-likeness (QED) is 0.463. The fourth-order valence-corrected chi connectivity index (χ4v) is 4.54. The lowest BCUT2D eigenvalue weighted by Crippen LogP contribution is -2.56. The van der Waals surface area contributed by atoms with Gasteiger partial charge >= 0.3 is 11.9 Å². The van der Waals surface area contributed by atoms with E-state index in [-0.39, 0.29) is 23.4 Å². The lowest BCUT2D eigenvalue weighted by atomic mass is 10.1. The summed E-state index contributed by atoms with van der Waals surface area (Å²) in [6.45, 7) is 1.98. The van der Waals surface area contributed by atoms with Crippen molar-refractivity contribution in [3.8, 4) is 5.75 Å². The summed E-state index contributed by atoms with van der Waals surface area (Å²) in [5.41, 5.74) is 1.41. The van der Waals surface area contributed by atoms with E-state index in [1.807, 2.05) is 24.3 Å². The van der Waals surface area contributed by atoms with E-state index in [0.29, 0.717) is 21.6 Å². The Kier molecular flexibility index (Phi) is 4.82. The number of amides is 1. The molecule has 4 rings (SSSR count). The molecule has 0 saturated heterocycles. The van der Waals surface area contributed by atoms with Crippen LogP contribution >= 0.6 is 22.9 Å². The van der Waals surface area contributed by atoms with E-state index in [1.54, 1.807) is 32.2 Å². The molecule has 6 nitrogen and oxygen atoms in total. The largest absolute Gasteiger partial charge is 0.469 e. The molecular formula is C20H18ClN2O4S+. The van der Waals surface area contributed by atoms with Crippen LogP contribution in [0.5, 0.6) is 5.75 Å². The van der Waals surface area contributed by atoms with E-state index in [0.717, 1.165) is 10.2 Å². The van der Waals surface area contributed by atoms with Crippen LogP contribution in [-0.4, -0.2) is 36.6 Å². The third-order valence-electron chi connectivity index (χ3n) is 4.71. The zero-order valence-electron chi connectivity index (χ0n) is 15.3. The number of carbonyl (C=O) groups excluding carboxylic acids is 2. The molecule has 0 aliphatic carbocycles. The molecule has 3 aromatic rings. The maximum Gasteiger partial charge on any atom is 0.367 e. The fourth-order valence-electron chi connectivity index (χ4n) is 3.31. The Morgan fingerprint density at radius 3 is 2.89 bits per heavy atom. The molecule has 0 fully saturated rings. The molecule has 8 heteroatoms. The van der Waals surface area contributed by atoms with Crippen molar-refractivity contribution in [3.05, 3.63) is 47.5 Å². The number of nitrogens with zero attached hydrogens (tertiary/aromatic N) is 2. The van der Waals surface area contributed by atoms with Crippen LogP contribution in [0.1, 0.15) is 13.3 Å². The van der Waals surface area contributed by atoms with E-state index in [9.17, 15) is 9.59 Å². The highest BCUT2D eigenvalue weighted by Gasteiger charge is 2.51. The van der Waals surface area contributed by atoms with Gasteiger partial charge in [-0.25, -0.2) is 4.79 Å². The first-order chi connectivity index (χ1) is 13.4. The molecular weight excluding hydrogens is 400 g/mol. The standard InChI is InChI=1S/C20H18ClN2O4S/c1-3-26-18(24)11-16-19(25)23(2,14-6-4-5-7-15(14)27-16)20-22-13-10-12(21)8-9-17(13)28-20/h4-10,16H,3,11H2,1-2H3/q+1. The van der Waals surface area contributed by atoms with Crippen molar-refractivity contribution in [2.45, 2.75) is 19.4 Å². The number of quaternary nitrogens is 1. The van der Waals surface area contributed by atoms with Crippen molar-refractivity contribution in [3.63, 3.8) is 0 Å². The number of benzene rings is 2. The first-order valence-electron chi connectivity index (χ1n) is 8.83. The van der Waals surface area contributed by atoms with Crippen LogP contribution in [0, 0.1) is 0 Å². The Morgan fingerprint density at radius 2 is 2.11 bits per heavy atom. The number of carbonyl (C=O) groups is 2. The number of para-hydroxylation sites is 2. The number of ether oxygens (including phenoxy) is 2. The van der Waals surface area contributed by atoms with Gasteiger partial charge in [0.2, 0.25) is 6.10 Å². The third kappa shape index (κ3) is 3.05. The Hall–Kier alpha value is -2.48. The second kappa shape index (κ2) is 7.16. The molecule has 0 saturated carbocycles. The summed E-state index contributed by atoms with van der Waals surface area (Å²) < 4.78 is 11.6. The van der Waals surface area contributed by atoms with Gasteiger partial charge in [-0.1, -0.05) is 35.1 Å². The first-order valence-corrected chi connectivity index (χ1v) is 10.0. The summed E-state index contributed by atoms with van der Waals surface area (Å²) in [5, 5.41) is 1.17. The van der Waals surface area contributed by atoms with Gasteiger partial charge in [0.05, 0.1) is 30.3 Å². The number of halogens is 1. The van der Waals surface area contributed by atoms with Crippen LogP contribution in [0.15, 0.2) is 42.5 Å². The predicted octanol–water partition coefficient (Wildman–Crippen LogP) is 4.46. The average molecular weight is 418 g/mol. The fraction of sp³-hybridized carbons (Fsp3) is 0.250. The Labute approximate surface area is 170 Å². The average Bonchev–Trinajstić information content (AvgIpc) is 3.10. The molecule has 1 aliphatic heterocycles. The van der Waals surface area contributed by atoms with Gasteiger partial charge in [0.15, 0.2) is 11.4 Å². The first kappa shape index (κ1) is 18.9. The van der Waals surface area contributed by atoms with E-state index in [1.165, 1.54) is 11.3 Å².